The van der Waals surface area contributed by atoms with Gasteiger partial charge in [-0.1, -0.05) is 18.7 Å². The normalized spacial score (nSPS) is 18.5. The molecule has 10 nitrogen and oxygen atoms in total. The number of nitrogens with zero attached hydrogens (tertiary/aromatic N) is 3. The Labute approximate surface area is 272 Å². The van der Waals surface area contributed by atoms with Crippen molar-refractivity contribution in [3.05, 3.63) is 101 Å². The van der Waals surface area contributed by atoms with E-state index in [4.69, 9.17) is 9.47 Å². The van der Waals surface area contributed by atoms with Crippen molar-refractivity contribution in [2.75, 3.05) is 44.6 Å². The van der Waals surface area contributed by atoms with Gasteiger partial charge in [-0.3, -0.25) is 19.3 Å². The number of aromatic nitrogens is 1. The molecule has 2 aromatic carbocycles. The van der Waals surface area contributed by atoms with E-state index in [-0.39, 0.29) is 47.3 Å². The van der Waals surface area contributed by atoms with E-state index >= 15 is 0 Å². The third-order valence-electron chi connectivity index (χ3n) is 8.52. The average molecular weight is 648 g/mol. The first-order chi connectivity index (χ1) is 22.5. The number of benzene rings is 2. The van der Waals surface area contributed by atoms with Gasteiger partial charge in [0, 0.05) is 57.1 Å². The molecule has 0 bridgehead atoms. The summed E-state index contributed by atoms with van der Waals surface area (Å²) in [4.78, 5) is 47.0. The summed E-state index contributed by atoms with van der Waals surface area (Å²) in [5.74, 6) is -2.43. The van der Waals surface area contributed by atoms with Gasteiger partial charge in [-0.05, 0) is 80.3 Å². The minimum Gasteiger partial charge on any atom is -0.484 e. The number of aryl methyl sites for hydroxylation is 2. The number of amides is 3. The van der Waals surface area contributed by atoms with Crippen molar-refractivity contribution in [2.24, 2.45) is 0 Å². The van der Waals surface area contributed by atoms with Crippen LogP contribution < -0.4 is 15.4 Å². The lowest BCUT2D eigenvalue weighted by atomic mass is 10.0. The number of piperazine rings is 1. The maximum Gasteiger partial charge on any atom is 0.257 e. The molecular formula is C35H39F2N5O5. The number of ether oxygens (including phenoxy) is 2. The van der Waals surface area contributed by atoms with Crippen molar-refractivity contribution in [1.29, 1.82) is 0 Å². The summed E-state index contributed by atoms with van der Waals surface area (Å²) >= 11 is 0. The van der Waals surface area contributed by atoms with Crippen LogP contribution in [0.5, 0.6) is 5.75 Å². The summed E-state index contributed by atoms with van der Waals surface area (Å²) in [5, 5.41) is 5.33. The quantitative estimate of drug-likeness (QED) is 0.293. The number of carbonyl (C=O) groups is 3. The van der Waals surface area contributed by atoms with Gasteiger partial charge in [-0.25, -0.2) is 13.8 Å². The summed E-state index contributed by atoms with van der Waals surface area (Å²) in [6.07, 6.45) is 2.64. The monoisotopic (exact) mass is 647 g/mol. The van der Waals surface area contributed by atoms with E-state index in [1.54, 1.807) is 36.9 Å². The van der Waals surface area contributed by atoms with Gasteiger partial charge in [0.05, 0.1) is 11.7 Å². The van der Waals surface area contributed by atoms with Crippen molar-refractivity contribution >= 4 is 23.5 Å². The van der Waals surface area contributed by atoms with Crippen molar-refractivity contribution in [3.63, 3.8) is 0 Å². The number of hydrogen-bond donors (Lipinski definition) is 2. The van der Waals surface area contributed by atoms with Gasteiger partial charge in [-0.15, -0.1) is 0 Å². The molecule has 2 saturated heterocycles. The molecule has 0 aliphatic carbocycles. The van der Waals surface area contributed by atoms with Crippen LogP contribution in [0.25, 0.3) is 0 Å². The highest BCUT2D eigenvalue weighted by molar-refractivity contribution is 6.07. The lowest BCUT2D eigenvalue weighted by Gasteiger charge is -2.40. The first-order valence-electron chi connectivity index (χ1n) is 15.6. The van der Waals surface area contributed by atoms with Gasteiger partial charge >= 0.3 is 0 Å². The number of nitrogens with one attached hydrogen (secondary N) is 2. The van der Waals surface area contributed by atoms with E-state index in [1.807, 2.05) is 6.92 Å². The Hall–Kier alpha value is -4.68. The Balaban J connectivity index is 1.47. The fourth-order valence-electron chi connectivity index (χ4n) is 5.65. The van der Waals surface area contributed by atoms with E-state index in [0.29, 0.717) is 49.5 Å². The van der Waals surface area contributed by atoms with Gasteiger partial charge in [0.15, 0.2) is 11.6 Å². The Kier molecular flexibility index (Phi) is 10.6. The van der Waals surface area contributed by atoms with Gasteiger partial charge in [0.1, 0.15) is 17.7 Å². The largest absolute Gasteiger partial charge is 0.484 e. The second-order valence-corrected chi connectivity index (χ2v) is 11.9. The van der Waals surface area contributed by atoms with Crippen LogP contribution in [0, 0.1) is 25.5 Å². The molecule has 0 radical (unpaired) electrons. The van der Waals surface area contributed by atoms with Crippen LogP contribution in [-0.4, -0.2) is 84.0 Å². The van der Waals surface area contributed by atoms with Gasteiger partial charge in [0.2, 0.25) is 5.91 Å². The van der Waals surface area contributed by atoms with Crippen molar-refractivity contribution in [3.8, 4) is 5.75 Å². The van der Waals surface area contributed by atoms with Crippen molar-refractivity contribution in [1.82, 2.24) is 20.1 Å². The third kappa shape index (κ3) is 8.01. The SMILES string of the molecule is C=CC(=O)N1CCN(C[C@@H](Oc2cc(C)c(C(=O)Nc3ncccc3F)cc2C(=O)NC[C@@H]2CCO2)c2ccc(C)c(F)c2)C[C@H]1C. The van der Waals surface area contributed by atoms with Gasteiger partial charge in [-0.2, -0.15) is 0 Å². The highest BCUT2D eigenvalue weighted by Crippen LogP contribution is 2.31. The molecule has 3 heterocycles. The molecule has 2 aliphatic rings. The van der Waals surface area contributed by atoms with Crippen LogP contribution in [0.3, 0.4) is 0 Å². The zero-order chi connectivity index (χ0) is 33.7. The lowest BCUT2D eigenvalue weighted by Crippen LogP contribution is -2.54. The number of pyridine rings is 1. The number of hydrogen-bond acceptors (Lipinski definition) is 7. The molecule has 3 amide bonds. The zero-order valence-electron chi connectivity index (χ0n) is 26.7. The van der Waals surface area contributed by atoms with E-state index < -0.39 is 29.6 Å². The Bertz CT molecular complexity index is 1660. The van der Waals surface area contributed by atoms with E-state index in [9.17, 15) is 23.2 Å². The summed E-state index contributed by atoms with van der Waals surface area (Å²) in [6.45, 7) is 11.7. The summed E-state index contributed by atoms with van der Waals surface area (Å²) in [7, 11) is 0. The number of anilines is 1. The maximum atomic E-state index is 14.9. The predicted octanol–water partition coefficient (Wildman–Crippen LogP) is 4.59. The minimum atomic E-state index is -0.720. The average Bonchev–Trinajstić information content (AvgIpc) is 3.02. The second-order valence-electron chi connectivity index (χ2n) is 11.9. The van der Waals surface area contributed by atoms with E-state index in [0.717, 1.165) is 6.42 Å². The molecule has 0 spiro atoms. The molecule has 2 aliphatic heterocycles. The van der Waals surface area contributed by atoms with Crippen LogP contribution in [0.2, 0.25) is 0 Å². The van der Waals surface area contributed by atoms with Crippen molar-refractivity contribution in [2.45, 2.75) is 45.4 Å². The molecule has 5 rings (SSSR count). The maximum absolute atomic E-state index is 14.9. The fraction of sp³-hybridized carbons (Fsp3) is 0.371. The number of rotatable bonds is 11. The molecule has 2 fully saturated rings. The first-order valence-corrected chi connectivity index (χ1v) is 15.6. The van der Waals surface area contributed by atoms with E-state index in [1.165, 1.54) is 36.5 Å². The molecule has 3 atom stereocenters. The van der Waals surface area contributed by atoms with E-state index in [2.05, 4.69) is 27.1 Å². The Morgan fingerprint density at radius 3 is 2.53 bits per heavy atom. The predicted molar refractivity (Wildman–Crippen MR) is 172 cm³/mol. The number of halogens is 2. The van der Waals surface area contributed by atoms with Crippen LogP contribution in [0.15, 0.2) is 61.3 Å². The molecule has 3 aromatic rings. The molecule has 0 saturated carbocycles. The van der Waals surface area contributed by atoms with Crippen LogP contribution in [0.1, 0.15) is 56.9 Å². The Morgan fingerprint density at radius 2 is 1.87 bits per heavy atom. The fourth-order valence-corrected chi connectivity index (χ4v) is 5.65. The zero-order valence-corrected chi connectivity index (χ0v) is 26.7. The topological polar surface area (TPSA) is 113 Å². The second kappa shape index (κ2) is 14.8. The minimum absolute atomic E-state index is 0.0777. The van der Waals surface area contributed by atoms with Crippen LogP contribution in [-0.2, 0) is 9.53 Å². The highest BCUT2D eigenvalue weighted by atomic mass is 19.1. The summed E-state index contributed by atoms with van der Waals surface area (Å²) < 4.78 is 41.2. The standard InChI is InChI=1S/C35H39F2N5O5/c1-5-32(43)42-13-12-41(19-23(42)4)20-31(24-9-8-21(2)29(37)16-24)47-30-15-22(3)26(35(45)40-33-28(36)7-6-11-38-33)17-27(30)34(44)39-18-25-10-14-46-25/h5-9,11,15-17,23,25,31H,1,10,12-14,18-20H2,2-4H3,(H,39,44)(H,38,40,45)/t23-,25+,31-/m1/s1. The molecule has 2 N–H and O–H groups in total. The summed E-state index contributed by atoms with van der Waals surface area (Å²) in [6, 6.07) is 10.4. The van der Waals surface area contributed by atoms with Crippen molar-refractivity contribution < 1.29 is 32.6 Å². The number of carbonyl (C=O) groups excluding carboxylic acids is 3. The molecule has 47 heavy (non-hydrogen) atoms. The highest BCUT2D eigenvalue weighted by Gasteiger charge is 2.30. The van der Waals surface area contributed by atoms with Gasteiger partial charge < -0.3 is 25.0 Å². The molecule has 1 aromatic heterocycles. The van der Waals surface area contributed by atoms with Gasteiger partial charge in [0.25, 0.3) is 11.8 Å². The molecule has 0 unspecified atom stereocenters. The third-order valence-corrected chi connectivity index (χ3v) is 8.52. The molecule has 12 heteroatoms. The lowest BCUT2D eigenvalue weighted by molar-refractivity contribution is -0.130. The Morgan fingerprint density at radius 1 is 1.09 bits per heavy atom. The van der Waals surface area contributed by atoms with Crippen LogP contribution >= 0.6 is 0 Å². The molecular weight excluding hydrogens is 608 g/mol. The van der Waals surface area contributed by atoms with Crippen LogP contribution in [0.4, 0.5) is 14.6 Å². The summed E-state index contributed by atoms with van der Waals surface area (Å²) in [5.41, 5.74) is 1.71. The smallest absolute Gasteiger partial charge is 0.257 e. The molecule has 248 valence electrons. The first kappa shape index (κ1) is 33.7.